The summed E-state index contributed by atoms with van der Waals surface area (Å²) in [6, 6.07) is 8.10. The molecule has 108 valence electrons. The molecule has 1 aromatic carbocycles. The zero-order valence-electron chi connectivity index (χ0n) is 12.4. The van der Waals surface area contributed by atoms with Gasteiger partial charge in [-0.15, -0.1) is 0 Å². The van der Waals surface area contributed by atoms with E-state index in [0.717, 1.165) is 29.4 Å². The monoisotopic (exact) mass is 291 g/mol. The summed E-state index contributed by atoms with van der Waals surface area (Å²) in [7, 11) is 3.68. The van der Waals surface area contributed by atoms with Crippen molar-refractivity contribution in [3.63, 3.8) is 0 Å². The summed E-state index contributed by atoms with van der Waals surface area (Å²) in [5, 5.41) is 9.08. The maximum absolute atomic E-state index is 5.28. The van der Waals surface area contributed by atoms with Gasteiger partial charge < -0.3 is 10.1 Å². The molecule has 0 spiro atoms. The standard InChI is InChI=1S/C15H21N3OS/c1-5-16-10-14-11(2)17-18(3)15(14)20-13-8-6-7-12(9-13)19-4/h6-9,16H,5,10H2,1-4H3. The van der Waals surface area contributed by atoms with Gasteiger partial charge in [-0.2, -0.15) is 5.10 Å². The normalized spacial score (nSPS) is 10.8. The van der Waals surface area contributed by atoms with Crippen molar-refractivity contribution in [1.82, 2.24) is 15.1 Å². The van der Waals surface area contributed by atoms with E-state index >= 15 is 0 Å². The first-order chi connectivity index (χ1) is 9.65. The molecule has 5 heteroatoms. The van der Waals surface area contributed by atoms with Crippen LogP contribution < -0.4 is 10.1 Å². The Balaban J connectivity index is 2.27. The van der Waals surface area contributed by atoms with Gasteiger partial charge in [-0.3, -0.25) is 4.68 Å². The predicted octanol–water partition coefficient (Wildman–Crippen LogP) is 3.00. The molecule has 0 saturated heterocycles. The van der Waals surface area contributed by atoms with E-state index < -0.39 is 0 Å². The SMILES string of the molecule is CCNCc1c(C)nn(C)c1Sc1cccc(OC)c1. The maximum Gasteiger partial charge on any atom is 0.119 e. The van der Waals surface area contributed by atoms with E-state index in [2.05, 4.69) is 30.3 Å². The summed E-state index contributed by atoms with van der Waals surface area (Å²) in [4.78, 5) is 1.16. The van der Waals surface area contributed by atoms with Crippen molar-refractivity contribution in [3.05, 3.63) is 35.5 Å². The third-order valence-corrected chi connectivity index (χ3v) is 4.29. The number of benzene rings is 1. The molecule has 0 fully saturated rings. The van der Waals surface area contributed by atoms with Gasteiger partial charge in [0.25, 0.3) is 0 Å². The van der Waals surface area contributed by atoms with Gasteiger partial charge in [0.05, 0.1) is 12.8 Å². The minimum atomic E-state index is 0.850. The fraction of sp³-hybridized carbons (Fsp3) is 0.400. The third-order valence-electron chi connectivity index (χ3n) is 3.10. The van der Waals surface area contributed by atoms with Crippen LogP contribution in [-0.2, 0) is 13.6 Å². The molecule has 1 heterocycles. The molecule has 1 N–H and O–H groups in total. The van der Waals surface area contributed by atoms with E-state index in [1.54, 1.807) is 18.9 Å². The number of methoxy groups -OCH3 is 1. The molecule has 0 saturated carbocycles. The van der Waals surface area contributed by atoms with Crippen molar-refractivity contribution in [2.45, 2.75) is 30.3 Å². The number of rotatable bonds is 6. The summed E-state index contributed by atoms with van der Waals surface area (Å²) in [6.07, 6.45) is 0. The molecule has 0 aliphatic carbocycles. The van der Waals surface area contributed by atoms with Crippen LogP contribution in [0.2, 0.25) is 0 Å². The third kappa shape index (κ3) is 3.35. The van der Waals surface area contributed by atoms with E-state index in [-0.39, 0.29) is 0 Å². The molecule has 20 heavy (non-hydrogen) atoms. The topological polar surface area (TPSA) is 39.1 Å². The number of aromatic nitrogens is 2. The van der Waals surface area contributed by atoms with E-state index in [0.29, 0.717) is 0 Å². The predicted molar refractivity (Wildman–Crippen MR) is 82.4 cm³/mol. The Bertz CT molecular complexity index is 580. The quantitative estimate of drug-likeness (QED) is 0.888. The van der Waals surface area contributed by atoms with Gasteiger partial charge in [0.1, 0.15) is 10.8 Å². The van der Waals surface area contributed by atoms with Crippen LogP contribution in [0.3, 0.4) is 0 Å². The number of nitrogens with one attached hydrogen (secondary N) is 1. The van der Waals surface area contributed by atoms with Gasteiger partial charge in [-0.1, -0.05) is 24.8 Å². The van der Waals surface area contributed by atoms with E-state index in [1.807, 2.05) is 29.9 Å². The molecule has 0 bridgehead atoms. The maximum atomic E-state index is 5.28. The fourth-order valence-electron chi connectivity index (χ4n) is 2.04. The van der Waals surface area contributed by atoms with Crippen LogP contribution in [0.15, 0.2) is 34.2 Å². The van der Waals surface area contributed by atoms with Crippen LogP contribution in [0, 0.1) is 6.92 Å². The van der Waals surface area contributed by atoms with Crippen LogP contribution in [0.1, 0.15) is 18.2 Å². The molecule has 0 unspecified atom stereocenters. The highest BCUT2D eigenvalue weighted by Crippen LogP contribution is 2.33. The van der Waals surface area contributed by atoms with Crippen LogP contribution in [-0.4, -0.2) is 23.4 Å². The summed E-state index contributed by atoms with van der Waals surface area (Å²) < 4.78 is 7.23. The number of hydrogen-bond acceptors (Lipinski definition) is 4. The van der Waals surface area contributed by atoms with Crippen molar-refractivity contribution in [2.75, 3.05) is 13.7 Å². The molecule has 0 radical (unpaired) electrons. The molecule has 2 aromatic rings. The lowest BCUT2D eigenvalue weighted by Gasteiger charge is -2.08. The molecule has 1 aromatic heterocycles. The van der Waals surface area contributed by atoms with Crippen LogP contribution in [0.4, 0.5) is 0 Å². The summed E-state index contributed by atoms with van der Waals surface area (Å²) in [6.45, 7) is 5.98. The average molecular weight is 291 g/mol. The van der Waals surface area contributed by atoms with E-state index in [1.165, 1.54) is 10.6 Å². The smallest absolute Gasteiger partial charge is 0.119 e. The molecule has 4 nitrogen and oxygen atoms in total. The molecule has 0 aliphatic rings. The zero-order valence-corrected chi connectivity index (χ0v) is 13.3. The van der Waals surface area contributed by atoms with Crippen LogP contribution in [0.25, 0.3) is 0 Å². The highest BCUT2D eigenvalue weighted by Gasteiger charge is 2.14. The first-order valence-corrected chi connectivity index (χ1v) is 7.52. The highest BCUT2D eigenvalue weighted by atomic mass is 32.2. The van der Waals surface area contributed by atoms with Crippen molar-refractivity contribution in [2.24, 2.45) is 7.05 Å². The second-order valence-corrected chi connectivity index (χ2v) is 5.62. The van der Waals surface area contributed by atoms with Crippen molar-refractivity contribution >= 4 is 11.8 Å². The summed E-state index contributed by atoms with van der Waals surface area (Å²) >= 11 is 1.72. The van der Waals surface area contributed by atoms with Crippen molar-refractivity contribution in [3.8, 4) is 5.75 Å². The van der Waals surface area contributed by atoms with Crippen LogP contribution >= 0.6 is 11.8 Å². The molecular formula is C15H21N3OS. The minimum Gasteiger partial charge on any atom is -0.497 e. The fourth-order valence-corrected chi connectivity index (χ4v) is 3.10. The van der Waals surface area contributed by atoms with Crippen molar-refractivity contribution in [1.29, 1.82) is 0 Å². The lowest BCUT2D eigenvalue weighted by molar-refractivity contribution is 0.413. The molecule has 2 rings (SSSR count). The Morgan fingerprint density at radius 1 is 1.40 bits per heavy atom. The lowest BCUT2D eigenvalue weighted by atomic mass is 10.2. The molecular weight excluding hydrogens is 270 g/mol. The van der Waals surface area contributed by atoms with Gasteiger partial charge in [0.2, 0.25) is 0 Å². The highest BCUT2D eigenvalue weighted by molar-refractivity contribution is 7.99. The summed E-state index contributed by atoms with van der Waals surface area (Å²) in [5.41, 5.74) is 2.35. The lowest BCUT2D eigenvalue weighted by Crippen LogP contribution is -2.12. The first kappa shape index (κ1) is 14.9. The van der Waals surface area contributed by atoms with Gasteiger partial charge in [0, 0.05) is 24.1 Å². The Kier molecular flexibility index (Phi) is 5.09. The van der Waals surface area contributed by atoms with Gasteiger partial charge in [0.15, 0.2) is 0 Å². The molecule has 0 aliphatic heterocycles. The zero-order chi connectivity index (χ0) is 14.5. The Morgan fingerprint density at radius 3 is 2.90 bits per heavy atom. The van der Waals surface area contributed by atoms with Crippen molar-refractivity contribution < 1.29 is 4.74 Å². The number of aryl methyl sites for hydroxylation is 2. The number of ether oxygens (including phenoxy) is 1. The summed E-state index contributed by atoms with van der Waals surface area (Å²) in [5.74, 6) is 0.877. The minimum absolute atomic E-state index is 0.850. The number of hydrogen-bond donors (Lipinski definition) is 1. The van der Waals surface area contributed by atoms with Gasteiger partial charge in [-0.25, -0.2) is 0 Å². The first-order valence-electron chi connectivity index (χ1n) is 6.70. The Morgan fingerprint density at radius 2 is 2.20 bits per heavy atom. The Labute approximate surface area is 124 Å². The second kappa shape index (κ2) is 6.81. The van der Waals surface area contributed by atoms with Gasteiger partial charge in [-0.05, 0) is 31.7 Å². The molecule has 0 atom stereocenters. The average Bonchev–Trinajstić information content (AvgIpc) is 2.71. The molecule has 0 amide bonds. The second-order valence-electron chi connectivity index (χ2n) is 4.55. The number of nitrogens with zero attached hydrogens (tertiary/aromatic N) is 2. The van der Waals surface area contributed by atoms with E-state index in [9.17, 15) is 0 Å². The van der Waals surface area contributed by atoms with Gasteiger partial charge >= 0.3 is 0 Å². The van der Waals surface area contributed by atoms with Crippen LogP contribution in [0.5, 0.6) is 5.75 Å². The Hall–Kier alpha value is -1.46. The largest absolute Gasteiger partial charge is 0.497 e. The van der Waals surface area contributed by atoms with E-state index in [4.69, 9.17) is 4.74 Å².